The van der Waals surface area contributed by atoms with Gasteiger partial charge in [0.1, 0.15) is 5.54 Å². The van der Waals surface area contributed by atoms with E-state index in [0.717, 1.165) is 0 Å². The van der Waals surface area contributed by atoms with Crippen LogP contribution in [0.2, 0.25) is 0 Å². The number of halogens is 1. The predicted octanol–water partition coefficient (Wildman–Crippen LogP) is 0.140. The number of aliphatic carboxylic acids is 1. The van der Waals surface area contributed by atoms with Gasteiger partial charge in [-0.05, 0) is 6.90 Å². The Bertz CT molecular complexity index is 120. The lowest BCUT2D eigenvalue weighted by Gasteiger charge is -2.14. The number of nitrogens with two attached hydrogens (primary N) is 1. The summed E-state index contributed by atoms with van der Waals surface area (Å²) in [6.45, 7) is -0.341. The summed E-state index contributed by atoms with van der Waals surface area (Å²) in [5.41, 5.74) is 3.71. The maximum atomic E-state index is 10.2. The van der Waals surface area contributed by atoms with Crippen LogP contribution in [0.5, 0.6) is 0 Å². The number of hydrogen-bond acceptors (Lipinski definition) is 3. The van der Waals surface area contributed by atoms with Crippen LogP contribution in [0.3, 0.4) is 0 Å². The van der Waals surface area contributed by atoms with Gasteiger partial charge in [0.25, 0.3) is 0 Å². The van der Waals surface area contributed by atoms with Crippen LogP contribution in [-0.2, 0) is 4.79 Å². The zero-order chi connectivity index (χ0) is 7.49. The van der Waals surface area contributed by atoms with E-state index < -0.39 is 11.5 Å². The van der Waals surface area contributed by atoms with Crippen LogP contribution in [-0.4, -0.2) is 22.4 Å². The summed E-state index contributed by atoms with van der Waals surface area (Å²) in [5, 5.41) is 8.34. The molecule has 3 nitrogen and oxygen atoms in total. The van der Waals surface area contributed by atoms with Crippen LogP contribution in [0.15, 0.2) is 0 Å². The maximum Gasteiger partial charge on any atom is 0.324 e. The molecule has 0 aromatic heterocycles. The Kier molecular flexibility index (Phi) is 4.01. The maximum absolute atomic E-state index is 10.2. The second-order valence-electron chi connectivity index (χ2n) is 1.62. The van der Waals surface area contributed by atoms with E-state index in [1.807, 2.05) is 0 Å². The molecule has 0 aliphatic rings. The smallest absolute Gasteiger partial charge is 0.324 e. The Labute approximate surface area is 66.8 Å². The fraction of sp³-hybridized carbons (Fsp3) is 0.750. The molecular formula is C4H10ClNO2S. The average molecular weight is 173 g/mol. The summed E-state index contributed by atoms with van der Waals surface area (Å²) in [4.78, 5) is 10.2. The highest BCUT2D eigenvalue weighted by Crippen LogP contribution is 1.99. The molecule has 0 bridgehead atoms. The molecule has 56 valence electrons. The molecule has 0 aromatic carbocycles. The molecule has 5 heteroatoms. The third kappa shape index (κ3) is 3.61. The minimum atomic E-state index is -1.47. The van der Waals surface area contributed by atoms with Gasteiger partial charge in [-0.3, -0.25) is 4.79 Å². The molecule has 1 atom stereocenters. The lowest BCUT2D eigenvalue weighted by atomic mass is 10.1. The monoisotopic (exact) mass is 172 g/mol. The molecule has 0 fully saturated rings. The van der Waals surface area contributed by atoms with Gasteiger partial charge in [0.2, 0.25) is 0 Å². The van der Waals surface area contributed by atoms with Crippen molar-refractivity contribution in [3.63, 3.8) is 0 Å². The average Bonchev–Trinajstić information content (AvgIpc) is 1.86. The van der Waals surface area contributed by atoms with Crippen molar-refractivity contribution < 1.29 is 11.3 Å². The summed E-state index contributed by atoms with van der Waals surface area (Å²) >= 11 is 3.69. The standard InChI is InChI=1S/C4H9NO2S.ClH/c1-4(5,2-8)3(6)7;/h8H,2,5H2,1H3,(H,6,7);1H/t4-;/m0./s1/i1D;. The largest absolute Gasteiger partial charge is 0.480 e. The normalized spacial score (nSPS) is 16.9. The number of carbonyl (C=O) groups is 1. The van der Waals surface area contributed by atoms with Crippen molar-refractivity contribution in [2.24, 2.45) is 5.73 Å². The van der Waals surface area contributed by atoms with Crippen molar-refractivity contribution in [3.05, 3.63) is 0 Å². The van der Waals surface area contributed by atoms with Gasteiger partial charge in [0, 0.05) is 7.12 Å². The second kappa shape index (κ2) is 3.98. The molecule has 0 saturated carbocycles. The van der Waals surface area contributed by atoms with Crippen molar-refractivity contribution in [2.75, 3.05) is 5.75 Å². The molecule has 0 aromatic rings. The summed E-state index contributed by atoms with van der Waals surface area (Å²) in [5.74, 6) is -1.18. The first-order valence-electron chi connectivity index (χ1n) is 2.70. The lowest BCUT2D eigenvalue weighted by Crippen LogP contribution is -2.46. The van der Waals surface area contributed by atoms with Crippen molar-refractivity contribution in [1.82, 2.24) is 0 Å². The molecule has 0 unspecified atom stereocenters. The number of thiol groups is 1. The Balaban J connectivity index is 0. The van der Waals surface area contributed by atoms with Gasteiger partial charge in [0.05, 0.1) is 0 Å². The fourth-order valence-corrected chi connectivity index (χ4v) is 0.203. The van der Waals surface area contributed by atoms with E-state index in [1.54, 1.807) is 0 Å². The molecule has 9 heavy (non-hydrogen) atoms. The van der Waals surface area contributed by atoms with Crippen molar-refractivity contribution >= 4 is 31.0 Å². The third-order valence-corrected chi connectivity index (χ3v) is 1.27. The van der Waals surface area contributed by atoms with Gasteiger partial charge in [-0.2, -0.15) is 12.6 Å². The van der Waals surface area contributed by atoms with Crippen LogP contribution in [0.1, 0.15) is 8.27 Å². The zero-order valence-corrected chi connectivity index (χ0v) is 6.41. The lowest BCUT2D eigenvalue weighted by molar-refractivity contribution is -0.141. The van der Waals surface area contributed by atoms with Gasteiger partial charge < -0.3 is 10.8 Å². The predicted molar refractivity (Wildman–Crippen MR) is 41.3 cm³/mol. The van der Waals surface area contributed by atoms with E-state index in [4.69, 9.17) is 12.2 Å². The summed E-state index contributed by atoms with van der Waals surface area (Å²) < 4.78 is 6.73. The van der Waals surface area contributed by atoms with Gasteiger partial charge in [-0.25, -0.2) is 0 Å². The highest BCUT2D eigenvalue weighted by atomic mass is 35.5. The van der Waals surface area contributed by atoms with Gasteiger partial charge in [0.15, 0.2) is 0 Å². The molecular weight excluding hydrogens is 162 g/mol. The summed E-state index contributed by atoms with van der Waals surface area (Å²) in [6.07, 6.45) is 0. The third-order valence-electron chi connectivity index (χ3n) is 0.708. The summed E-state index contributed by atoms with van der Waals surface area (Å²) in [7, 11) is 0. The Morgan fingerprint density at radius 1 is 2.11 bits per heavy atom. The van der Waals surface area contributed by atoms with Crippen molar-refractivity contribution in [2.45, 2.75) is 12.4 Å². The molecule has 0 heterocycles. The first-order chi connectivity index (χ1) is 4.06. The Hall–Kier alpha value is 0.0700. The van der Waals surface area contributed by atoms with Gasteiger partial charge in [-0.15, -0.1) is 12.4 Å². The fourth-order valence-electron chi connectivity index (χ4n) is 0.0676. The molecule has 0 aliphatic heterocycles. The second-order valence-corrected chi connectivity index (χ2v) is 1.94. The quantitative estimate of drug-likeness (QED) is 0.520. The number of rotatable bonds is 2. The molecule has 0 amide bonds. The van der Waals surface area contributed by atoms with Gasteiger partial charge >= 0.3 is 5.97 Å². The molecule has 0 radical (unpaired) electrons. The number of hydrogen-bond donors (Lipinski definition) is 3. The topological polar surface area (TPSA) is 63.3 Å². The van der Waals surface area contributed by atoms with Crippen LogP contribution in [0.25, 0.3) is 0 Å². The van der Waals surface area contributed by atoms with E-state index in [-0.39, 0.29) is 25.1 Å². The van der Waals surface area contributed by atoms with Gasteiger partial charge in [-0.1, -0.05) is 0 Å². The van der Waals surface area contributed by atoms with E-state index in [2.05, 4.69) is 12.6 Å². The summed E-state index contributed by atoms with van der Waals surface area (Å²) in [6, 6.07) is 0. The van der Waals surface area contributed by atoms with E-state index >= 15 is 0 Å². The van der Waals surface area contributed by atoms with E-state index in [9.17, 15) is 4.79 Å². The Morgan fingerprint density at radius 2 is 2.56 bits per heavy atom. The zero-order valence-electron chi connectivity index (χ0n) is 5.70. The van der Waals surface area contributed by atoms with Crippen LogP contribution in [0.4, 0.5) is 0 Å². The molecule has 0 spiro atoms. The van der Waals surface area contributed by atoms with Crippen LogP contribution in [0, 0.1) is 0 Å². The SMILES string of the molecule is Cl.[2H]C[C@](N)(CS)C(=O)O. The number of carboxylic acids is 1. The van der Waals surface area contributed by atoms with Crippen molar-refractivity contribution in [1.29, 1.82) is 0 Å². The molecule has 0 saturated heterocycles. The van der Waals surface area contributed by atoms with Crippen molar-refractivity contribution in [3.8, 4) is 0 Å². The van der Waals surface area contributed by atoms with E-state index in [0.29, 0.717) is 0 Å². The first-order valence-corrected chi connectivity index (χ1v) is 2.62. The minimum absolute atomic E-state index is 0. The van der Waals surface area contributed by atoms with Crippen LogP contribution < -0.4 is 5.73 Å². The molecule has 0 aliphatic carbocycles. The highest BCUT2D eigenvalue weighted by Gasteiger charge is 2.25. The first kappa shape index (κ1) is 9.07. The highest BCUT2D eigenvalue weighted by molar-refractivity contribution is 7.80. The van der Waals surface area contributed by atoms with Crippen LogP contribution >= 0.6 is 25.0 Å². The molecule has 3 N–H and O–H groups in total. The Morgan fingerprint density at radius 3 is 2.56 bits per heavy atom. The number of carboxylic acid groups (broad SMARTS) is 1. The minimum Gasteiger partial charge on any atom is -0.480 e. The molecule has 0 rings (SSSR count). The van der Waals surface area contributed by atoms with E-state index in [1.165, 1.54) is 0 Å².